The number of nitrogens with one attached hydrogen (secondary N) is 1. The molecule has 0 fully saturated rings. The number of thiophene rings is 1. The van der Waals surface area contributed by atoms with E-state index in [1.807, 2.05) is 13.1 Å². The first-order chi connectivity index (χ1) is 6.77. The smallest absolute Gasteiger partial charge is 0.134 e. The molecule has 0 atom stereocenters. The third-order valence-electron chi connectivity index (χ3n) is 2.08. The first-order valence-electron chi connectivity index (χ1n) is 4.71. The predicted octanol–water partition coefficient (Wildman–Crippen LogP) is 1.83. The number of hydrogen-bond acceptors (Lipinski definition) is 4. The van der Waals surface area contributed by atoms with E-state index in [0.29, 0.717) is 0 Å². The molecule has 5 heteroatoms. The van der Waals surface area contributed by atoms with E-state index >= 15 is 0 Å². The maximum absolute atomic E-state index is 5.26. The van der Waals surface area contributed by atoms with Gasteiger partial charge in [-0.1, -0.05) is 0 Å². The van der Waals surface area contributed by atoms with Crippen molar-refractivity contribution in [2.24, 2.45) is 0 Å². The van der Waals surface area contributed by atoms with Gasteiger partial charge in [0.1, 0.15) is 5.75 Å². The van der Waals surface area contributed by atoms with Crippen LogP contribution in [-0.4, -0.2) is 39.2 Å². The van der Waals surface area contributed by atoms with Crippen molar-refractivity contribution in [2.75, 3.05) is 34.3 Å². The van der Waals surface area contributed by atoms with Gasteiger partial charge in [-0.15, -0.1) is 23.7 Å². The molecule has 0 bridgehead atoms. The topological polar surface area (TPSA) is 24.5 Å². The molecular formula is C10H19ClN2OS. The van der Waals surface area contributed by atoms with Crippen LogP contribution >= 0.6 is 23.7 Å². The van der Waals surface area contributed by atoms with E-state index in [-0.39, 0.29) is 12.4 Å². The highest BCUT2D eigenvalue weighted by atomic mass is 35.5. The van der Waals surface area contributed by atoms with E-state index in [9.17, 15) is 0 Å². The SMILES string of the molecule is CNCCN(C)Cc1sccc1OC.Cl. The zero-order chi connectivity index (χ0) is 10.4. The lowest BCUT2D eigenvalue weighted by Gasteiger charge is -2.15. The molecule has 1 aromatic heterocycles. The Balaban J connectivity index is 0.00000196. The standard InChI is InChI=1S/C10H18N2OS.ClH/c1-11-5-6-12(2)8-10-9(13-3)4-7-14-10;/h4,7,11H,5-6,8H2,1-3H3;1H. The summed E-state index contributed by atoms with van der Waals surface area (Å²) in [7, 11) is 5.81. The summed E-state index contributed by atoms with van der Waals surface area (Å²) in [6.45, 7) is 3.03. The van der Waals surface area contributed by atoms with Gasteiger partial charge in [-0.2, -0.15) is 0 Å². The molecule has 0 aliphatic carbocycles. The fourth-order valence-electron chi connectivity index (χ4n) is 1.25. The highest BCUT2D eigenvalue weighted by Gasteiger charge is 2.06. The third-order valence-corrected chi connectivity index (χ3v) is 2.97. The molecule has 0 radical (unpaired) electrons. The van der Waals surface area contributed by atoms with E-state index < -0.39 is 0 Å². The van der Waals surface area contributed by atoms with E-state index in [2.05, 4.69) is 22.6 Å². The van der Waals surface area contributed by atoms with Gasteiger partial charge >= 0.3 is 0 Å². The average Bonchev–Trinajstić information content (AvgIpc) is 2.62. The minimum absolute atomic E-state index is 0. The first-order valence-corrected chi connectivity index (χ1v) is 5.59. The number of rotatable bonds is 6. The molecule has 0 aliphatic rings. The molecule has 0 saturated heterocycles. The molecule has 0 aliphatic heterocycles. The molecular weight excluding hydrogens is 232 g/mol. The Morgan fingerprint density at radius 1 is 1.53 bits per heavy atom. The molecule has 1 aromatic rings. The maximum atomic E-state index is 5.26. The molecule has 0 spiro atoms. The van der Waals surface area contributed by atoms with Crippen molar-refractivity contribution in [1.82, 2.24) is 10.2 Å². The second-order valence-corrected chi connectivity index (χ2v) is 4.25. The Morgan fingerprint density at radius 2 is 2.27 bits per heavy atom. The Morgan fingerprint density at radius 3 is 2.87 bits per heavy atom. The van der Waals surface area contributed by atoms with Crippen LogP contribution in [0.25, 0.3) is 0 Å². The number of ether oxygens (including phenoxy) is 1. The van der Waals surface area contributed by atoms with Crippen molar-refractivity contribution < 1.29 is 4.74 Å². The minimum Gasteiger partial charge on any atom is -0.496 e. The second-order valence-electron chi connectivity index (χ2n) is 3.25. The monoisotopic (exact) mass is 250 g/mol. The molecule has 1 heterocycles. The van der Waals surface area contributed by atoms with Crippen LogP contribution in [0.15, 0.2) is 11.4 Å². The Kier molecular flexibility index (Phi) is 7.78. The van der Waals surface area contributed by atoms with Gasteiger partial charge in [-0.25, -0.2) is 0 Å². The number of likely N-dealkylation sites (N-methyl/N-ethyl adjacent to an activating group) is 2. The van der Waals surface area contributed by atoms with Crippen LogP contribution in [0.2, 0.25) is 0 Å². The Labute approximate surface area is 102 Å². The molecule has 0 saturated carbocycles. The molecule has 0 unspecified atom stereocenters. The quantitative estimate of drug-likeness (QED) is 0.834. The van der Waals surface area contributed by atoms with Gasteiger partial charge in [0.15, 0.2) is 0 Å². The van der Waals surface area contributed by atoms with Gasteiger partial charge < -0.3 is 10.1 Å². The molecule has 0 amide bonds. The van der Waals surface area contributed by atoms with Gasteiger partial charge in [0.25, 0.3) is 0 Å². The largest absolute Gasteiger partial charge is 0.496 e. The second kappa shape index (κ2) is 7.93. The van der Waals surface area contributed by atoms with Crippen molar-refractivity contribution in [3.05, 3.63) is 16.3 Å². The van der Waals surface area contributed by atoms with Crippen molar-refractivity contribution in [3.63, 3.8) is 0 Å². The summed E-state index contributed by atoms with van der Waals surface area (Å²) >= 11 is 1.75. The van der Waals surface area contributed by atoms with Crippen molar-refractivity contribution in [2.45, 2.75) is 6.54 Å². The van der Waals surface area contributed by atoms with Crippen LogP contribution in [-0.2, 0) is 6.54 Å². The zero-order valence-corrected chi connectivity index (χ0v) is 11.1. The van der Waals surface area contributed by atoms with E-state index in [1.165, 1.54) is 4.88 Å². The summed E-state index contributed by atoms with van der Waals surface area (Å²) in [6, 6.07) is 2.02. The average molecular weight is 251 g/mol. The lowest BCUT2D eigenvalue weighted by Crippen LogP contribution is -2.26. The van der Waals surface area contributed by atoms with Crippen LogP contribution in [0, 0.1) is 0 Å². The van der Waals surface area contributed by atoms with Crippen molar-refractivity contribution in [3.8, 4) is 5.75 Å². The number of nitrogens with zero attached hydrogens (tertiary/aromatic N) is 1. The van der Waals surface area contributed by atoms with Gasteiger partial charge in [0.05, 0.1) is 12.0 Å². The Bertz CT molecular complexity index is 268. The van der Waals surface area contributed by atoms with E-state index in [4.69, 9.17) is 4.74 Å². The number of hydrogen-bond donors (Lipinski definition) is 1. The number of methoxy groups -OCH3 is 1. The maximum Gasteiger partial charge on any atom is 0.134 e. The van der Waals surface area contributed by atoms with Crippen LogP contribution in [0.4, 0.5) is 0 Å². The van der Waals surface area contributed by atoms with Gasteiger partial charge in [-0.3, -0.25) is 4.90 Å². The lowest BCUT2D eigenvalue weighted by atomic mass is 10.4. The summed E-state index contributed by atoms with van der Waals surface area (Å²) in [6.07, 6.45) is 0. The molecule has 88 valence electrons. The van der Waals surface area contributed by atoms with Crippen molar-refractivity contribution in [1.29, 1.82) is 0 Å². The zero-order valence-electron chi connectivity index (χ0n) is 9.45. The molecule has 1 rings (SSSR count). The highest BCUT2D eigenvalue weighted by Crippen LogP contribution is 2.25. The summed E-state index contributed by atoms with van der Waals surface area (Å²) in [4.78, 5) is 3.58. The number of halogens is 1. The fraction of sp³-hybridized carbons (Fsp3) is 0.600. The van der Waals surface area contributed by atoms with Gasteiger partial charge in [0, 0.05) is 19.6 Å². The lowest BCUT2D eigenvalue weighted by molar-refractivity contribution is 0.322. The molecule has 15 heavy (non-hydrogen) atoms. The highest BCUT2D eigenvalue weighted by molar-refractivity contribution is 7.10. The van der Waals surface area contributed by atoms with Crippen LogP contribution in [0.5, 0.6) is 5.75 Å². The summed E-state index contributed by atoms with van der Waals surface area (Å²) in [5, 5.41) is 5.21. The van der Waals surface area contributed by atoms with Crippen LogP contribution < -0.4 is 10.1 Å². The van der Waals surface area contributed by atoms with E-state index in [0.717, 1.165) is 25.4 Å². The normalized spacial score (nSPS) is 10.1. The van der Waals surface area contributed by atoms with Crippen LogP contribution in [0.1, 0.15) is 4.88 Å². The summed E-state index contributed by atoms with van der Waals surface area (Å²) in [5.74, 6) is 1.01. The van der Waals surface area contributed by atoms with Gasteiger partial charge in [-0.05, 0) is 25.5 Å². The molecule has 1 N–H and O–H groups in total. The van der Waals surface area contributed by atoms with E-state index in [1.54, 1.807) is 18.4 Å². The van der Waals surface area contributed by atoms with Gasteiger partial charge in [0.2, 0.25) is 0 Å². The fourth-order valence-corrected chi connectivity index (χ4v) is 2.17. The third kappa shape index (κ3) is 4.84. The predicted molar refractivity (Wildman–Crippen MR) is 68.4 cm³/mol. The molecule has 3 nitrogen and oxygen atoms in total. The van der Waals surface area contributed by atoms with Crippen molar-refractivity contribution >= 4 is 23.7 Å². The Hall–Kier alpha value is -0.290. The molecule has 0 aromatic carbocycles. The summed E-state index contributed by atoms with van der Waals surface area (Å²) in [5.41, 5.74) is 0. The summed E-state index contributed by atoms with van der Waals surface area (Å²) < 4.78 is 5.26. The first kappa shape index (κ1) is 14.7. The van der Waals surface area contributed by atoms with Crippen LogP contribution in [0.3, 0.4) is 0 Å². The minimum atomic E-state index is 0.